The molecule has 3 rings (SSSR count). The second-order valence-corrected chi connectivity index (χ2v) is 12.2. The number of sulfonamides is 1. The molecule has 2 atom stereocenters. The molecule has 9 nitrogen and oxygen atoms in total. The number of ether oxygens (including phenoxy) is 2. The summed E-state index contributed by atoms with van der Waals surface area (Å²) < 4.78 is 38.6. The highest BCUT2D eigenvalue weighted by Gasteiger charge is 2.33. The van der Waals surface area contributed by atoms with Crippen LogP contribution < -0.4 is 19.1 Å². The third-order valence-corrected chi connectivity index (χ3v) is 9.00. The molecule has 39 heavy (non-hydrogen) atoms. The standard InChI is InChI=1S/C27H35Cl2N3O6S/c1-5-18(4)30-27(34)23(6-2)31(16-19-8-10-21(28)22(29)14-19)26(33)17-32(39(35,36)7-3)20-9-11-24-25(15-20)38-13-12-37-24/h8-11,14-15,18,23H,5-7,12-13,16-17H2,1-4H3,(H,30,34)/t18-,23-/m1/s1. The summed E-state index contributed by atoms with van der Waals surface area (Å²) in [6, 6.07) is 8.77. The van der Waals surface area contributed by atoms with Crippen LogP contribution in [0.1, 0.15) is 46.1 Å². The molecule has 214 valence electrons. The van der Waals surface area contributed by atoms with Gasteiger partial charge in [-0.05, 0) is 56.5 Å². The van der Waals surface area contributed by atoms with Gasteiger partial charge in [0.05, 0.1) is 21.5 Å². The molecule has 0 aromatic heterocycles. The number of nitrogens with one attached hydrogen (secondary N) is 1. The van der Waals surface area contributed by atoms with Crippen molar-refractivity contribution in [2.24, 2.45) is 0 Å². The summed E-state index contributed by atoms with van der Waals surface area (Å²) in [5.41, 5.74) is 0.915. The number of carbonyl (C=O) groups excluding carboxylic acids is 2. The van der Waals surface area contributed by atoms with E-state index < -0.39 is 28.5 Å². The molecule has 0 unspecified atom stereocenters. The first-order valence-corrected chi connectivity index (χ1v) is 15.3. The van der Waals surface area contributed by atoms with Crippen molar-refractivity contribution in [3.05, 3.63) is 52.0 Å². The third-order valence-electron chi connectivity index (χ3n) is 6.52. The Morgan fingerprint density at radius 2 is 1.67 bits per heavy atom. The molecule has 2 aromatic rings. The molecule has 0 spiro atoms. The number of fused-ring (bicyclic) bond motifs is 1. The van der Waals surface area contributed by atoms with Crippen LogP contribution in [0.25, 0.3) is 0 Å². The van der Waals surface area contributed by atoms with E-state index in [1.807, 2.05) is 13.8 Å². The van der Waals surface area contributed by atoms with E-state index in [9.17, 15) is 18.0 Å². The predicted octanol–water partition coefficient (Wildman–Crippen LogP) is 4.64. The second-order valence-electron chi connectivity index (χ2n) is 9.25. The van der Waals surface area contributed by atoms with E-state index in [4.69, 9.17) is 32.7 Å². The third kappa shape index (κ3) is 7.70. The number of hydrogen-bond acceptors (Lipinski definition) is 6. The Hall–Kier alpha value is -2.69. The number of benzene rings is 2. The average molecular weight is 601 g/mol. The Kier molecular flexibility index (Phi) is 10.7. The highest BCUT2D eigenvalue weighted by molar-refractivity contribution is 7.92. The van der Waals surface area contributed by atoms with Crippen LogP contribution in [0.3, 0.4) is 0 Å². The second kappa shape index (κ2) is 13.6. The van der Waals surface area contributed by atoms with Gasteiger partial charge in [0.1, 0.15) is 25.8 Å². The largest absolute Gasteiger partial charge is 0.486 e. The number of hydrogen-bond donors (Lipinski definition) is 1. The van der Waals surface area contributed by atoms with Crippen molar-refractivity contribution in [2.45, 2.75) is 59.2 Å². The monoisotopic (exact) mass is 599 g/mol. The lowest BCUT2D eigenvalue weighted by molar-refractivity contribution is -0.140. The summed E-state index contributed by atoms with van der Waals surface area (Å²) in [4.78, 5) is 28.6. The highest BCUT2D eigenvalue weighted by atomic mass is 35.5. The maximum Gasteiger partial charge on any atom is 0.244 e. The Morgan fingerprint density at radius 1 is 0.974 bits per heavy atom. The summed E-state index contributed by atoms with van der Waals surface area (Å²) in [5.74, 6) is -0.190. The Labute approximate surface area is 240 Å². The topological polar surface area (TPSA) is 105 Å². The van der Waals surface area contributed by atoms with E-state index in [-0.39, 0.29) is 29.9 Å². The summed E-state index contributed by atoms with van der Waals surface area (Å²) in [6.45, 7) is 7.38. The molecule has 2 aromatic carbocycles. The lowest BCUT2D eigenvalue weighted by Gasteiger charge is -2.34. The normalized spacial score (nSPS) is 14.3. The smallest absolute Gasteiger partial charge is 0.244 e. The van der Waals surface area contributed by atoms with Crippen molar-refractivity contribution in [2.75, 3.05) is 29.8 Å². The molecule has 1 aliphatic heterocycles. The van der Waals surface area contributed by atoms with Gasteiger partial charge in [0.2, 0.25) is 21.8 Å². The van der Waals surface area contributed by atoms with Crippen LogP contribution in [0.15, 0.2) is 36.4 Å². The van der Waals surface area contributed by atoms with Gasteiger partial charge in [-0.15, -0.1) is 0 Å². The fraction of sp³-hybridized carbons (Fsp3) is 0.481. The Balaban J connectivity index is 2.00. The fourth-order valence-corrected chi connectivity index (χ4v) is 5.48. The van der Waals surface area contributed by atoms with Crippen molar-refractivity contribution in [1.29, 1.82) is 0 Å². The maximum absolute atomic E-state index is 13.9. The molecule has 1 aliphatic rings. The minimum Gasteiger partial charge on any atom is -0.486 e. The van der Waals surface area contributed by atoms with Crippen LogP contribution in [0.4, 0.5) is 5.69 Å². The minimum absolute atomic E-state index is 0.0311. The number of halogens is 2. The van der Waals surface area contributed by atoms with Crippen LogP contribution in [-0.2, 0) is 26.2 Å². The van der Waals surface area contributed by atoms with Gasteiger partial charge in [-0.3, -0.25) is 13.9 Å². The minimum atomic E-state index is -3.88. The quantitative estimate of drug-likeness (QED) is 0.381. The van der Waals surface area contributed by atoms with Gasteiger partial charge in [-0.25, -0.2) is 8.42 Å². The summed E-state index contributed by atoms with van der Waals surface area (Å²) >= 11 is 12.3. The van der Waals surface area contributed by atoms with Crippen LogP contribution in [-0.4, -0.2) is 62.7 Å². The van der Waals surface area contributed by atoms with Gasteiger partial charge in [-0.2, -0.15) is 0 Å². The first-order valence-electron chi connectivity index (χ1n) is 12.9. The number of rotatable bonds is 12. The van der Waals surface area contributed by atoms with Gasteiger partial charge < -0.3 is 19.7 Å². The number of nitrogens with zero attached hydrogens (tertiary/aromatic N) is 2. The molecule has 12 heteroatoms. The van der Waals surface area contributed by atoms with Crippen molar-refractivity contribution in [3.63, 3.8) is 0 Å². The van der Waals surface area contributed by atoms with Crippen molar-refractivity contribution < 1.29 is 27.5 Å². The number of carbonyl (C=O) groups is 2. The van der Waals surface area contributed by atoms with Crippen LogP contribution in [0.5, 0.6) is 11.5 Å². The van der Waals surface area contributed by atoms with Crippen LogP contribution in [0, 0.1) is 0 Å². The van der Waals surface area contributed by atoms with E-state index >= 15 is 0 Å². The zero-order valence-electron chi connectivity index (χ0n) is 22.6. The van der Waals surface area contributed by atoms with E-state index in [1.165, 1.54) is 11.8 Å². The van der Waals surface area contributed by atoms with Crippen molar-refractivity contribution >= 4 is 50.7 Å². The number of amides is 2. The lowest BCUT2D eigenvalue weighted by atomic mass is 10.1. The zero-order chi connectivity index (χ0) is 28.7. The Morgan fingerprint density at radius 3 is 2.28 bits per heavy atom. The van der Waals surface area contributed by atoms with E-state index in [2.05, 4.69) is 5.32 Å². The van der Waals surface area contributed by atoms with Gasteiger partial charge in [-0.1, -0.05) is 43.1 Å². The highest BCUT2D eigenvalue weighted by Crippen LogP contribution is 2.35. The van der Waals surface area contributed by atoms with E-state index in [0.717, 1.165) is 10.7 Å². The first kappa shape index (κ1) is 30.8. The van der Waals surface area contributed by atoms with Crippen molar-refractivity contribution in [3.8, 4) is 11.5 Å². The van der Waals surface area contributed by atoms with Crippen molar-refractivity contribution in [1.82, 2.24) is 10.2 Å². The van der Waals surface area contributed by atoms with Gasteiger partial charge in [0.15, 0.2) is 11.5 Å². The van der Waals surface area contributed by atoms with Gasteiger partial charge in [0.25, 0.3) is 0 Å². The first-order chi connectivity index (χ1) is 18.5. The molecular formula is C27H35Cl2N3O6S. The fourth-order valence-electron chi connectivity index (χ4n) is 4.10. The molecule has 0 saturated carbocycles. The molecular weight excluding hydrogens is 565 g/mol. The van der Waals surface area contributed by atoms with E-state index in [1.54, 1.807) is 43.3 Å². The molecule has 0 saturated heterocycles. The maximum atomic E-state index is 13.9. The molecule has 0 fully saturated rings. The SMILES string of the molecule is CC[C@@H](C)NC(=O)[C@@H](CC)N(Cc1ccc(Cl)c(Cl)c1)C(=O)CN(c1ccc2c(c1)OCCO2)S(=O)(=O)CC. The molecule has 0 aliphatic carbocycles. The molecule has 0 radical (unpaired) electrons. The van der Waals surface area contributed by atoms with E-state index in [0.29, 0.717) is 46.7 Å². The number of anilines is 1. The average Bonchev–Trinajstić information content (AvgIpc) is 2.92. The molecule has 0 bridgehead atoms. The summed E-state index contributed by atoms with van der Waals surface area (Å²) in [7, 11) is -3.88. The lowest BCUT2D eigenvalue weighted by Crippen LogP contribution is -2.53. The summed E-state index contributed by atoms with van der Waals surface area (Å²) in [5, 5.41) is 3.61. The Bertz CT molecular complexity index is 1290. The van der Waals surface area contributed by atoms with Crippen LogP contribution >= 0.6 is 23.2 Å². The molecule has 2 amide bonds. The van der Waals surface area contributed by atoms with Gasteiger partial charge >= 0.3 is 0 Å². The van der Waals surface area contributed by atoms with Crippen LogP contribution in [0.2, 0.25) is 10.0 Å². The summed E-state index contributed by atoms with van der Waals surface area (Å²) in [6.07, 6.45) is 1.04. The predicted molar refractivity (Wildman–Crippen MR) is 153 cm³/mol. The molecule has 1 N–H and O–H groups in total. The van der Waals surface area contributed by atoms with Gasteiger partial charge in [0, 0.05) is 18.7 Å². The molecule has 1 heterocycles. The zero-order valence-corrected chi connectivity index (χ0v) is 24.9.